The normalized spacial score (nSPS) is 19.2. The SMILES string of the molecule is Cc1ccc(C)c(S(=O)(=O)NC(CC(C)C)C(=O)N2CCC(S(C)(=O)=O)C2)c1. The molecule has 0 saturated carbocycles. The van der Waals surface area contributed by atoms with Crippen LogP contribution in [-0.2, 0) is 24.7 Å². The van der Waals surface area contributed by atoms with Crippen LogP contribution in [-0.4, -0.2) is 58.3 Å². The molecule has 1 N–H and O–H groups in total. The van der Waals surface area contributed by atoms with Crippen molar-refractivity contribution in [2.75, 3.05) is 19.3 Å². The number of nitrogens with zero attached hydrogens (tertiary/aromatic N) is 1. The molecule has 1 amide bonds. The molecule has 0 aromatic heterocycles. The fraction of sp³-hybridized carbons (Fsp3) is 0.632. The molecule has 2 atom stereocenters. The number of rotatable bonds is 7. The van der Waals surface area contributed by atoms with Crippen LogP contribution >= 0.6 is 0 Å². The van der Waals surface area contributed by atoms with E-state index in [1.54, 1.807) is 19.1 Å². The fourth-order valence-corrected chi connectivity index (χ4v) is 5.93. The number of carbonyl (C=O) groups excluding carboxylic acids is 1. The summed E-state index contributed by atoms with van der Waals surface area (Å²) < 4.78 is 52.1. The Balaban J connectivity index is 2.26. The summed E-state index contributed by atoms with van der Waals surface area (Å²) in [6, 6.07) is 4.23. The van der Waals surface area contributed by atoms with Gasteiger partial charge in [0.05, 0.1) is 10.1 Å². The monoisotopic (exact) mass is 430 g/mol. The van der Waals surface area contributed by atoms with Gasteiger partial charge in [-0.25, -0.2) is 16.8 Å². The van der Waals surface area contributed by atoms with Crippen molar-refractivity contribution in [3.8, 4) is 0 Å². The number of benzene rings is 1. The predicted molar refractivity (Wildman–Crippen MR) is 109 cm³/mol. The Bertz CT molecular complexity index is 939. The maximum Gasteiger partial charge on any atom is 0.241 e. The first-order valence-corrected chi connectivity index (χ1v) is 12.8. The zero-order valence-electron chi connectivity index (χ0n) is 17.1. The summed E-state index contributed by atoms with van der Waals surface area (Å²) in [4.78, 5) is 14.6. The van der Waals surface area contributed by atoms with Crippen LogP contribution in [0.5, 0.6) is 0 Å². The average Bonchev–Trinajstić information content (AvgIpc) is 3.05. The molecule has 1 fully saturated rings. The molecule has 0 aliphatic carbocycles. The van der Waals surface area contributed by atoms with Crippen LogP contribution in [0.1, 0.15) is 37.8 Å². The van der Waals surface area contributed by atoms with E-state index in [0.717, 1.165) is 5.56 Å². The Morgan fingerprint density at radius 1 is 1.21 bits per heavy atom. The average molecular weight is 431 g/mol. The maximum atomic E-state index is 13.0. The van der Waals surface area contributed by atoms with Crippen LogP contribution in [0.4, 0.5) is 0 Å². The first-order valence-electron chi connectivity index (χ1n) is 9.38. The molecule has 1 aliphatic heterocycles. The lowest BCUT2D eigenvalue weighted by Gasteiger charge is -2.26. The van der Waals surface area contributed by atoms with Crippen LogP contribution in [0.25, 0.3) is 0 Å². The van der Waals surface area contributed by atoms with Gasteiger partial charge in [0.25, 0.3) is 0 Å². The fourth-order valence-electron chi connectivity index (χ4n) is 3.42. The smallest absolute Gasteiger partial charge is 0.241 e. The number of carbonyl (C=O) groups is 1. The van der Waals surface area contributed by atoms with Gasteiger partial charge in [-0.2, -0.15) is 4.72 Å². The largest absolute Gasteiger partial charge is 0.340 e. The number of nitrogens with one attached hydrogen (secondary N) is 1. The summed E-state index contributed by atoms with van der Waals surface area (Å²) in [5.41, 5.74) is 1.42. The van der Waals surface area contributed by atoms with Gasteiger partial charge in [-0.3, -0.25) is 4.79 Å². The van der Waals surface area contributed by atoms with Gasteiger partial charge in [-0.05, 0) is 49.8 Å². The van der Waals surface area contributed by atoms with E-state index >= 15 is 0 Å². The second kappa shape index (κ2) is 8.51. The van der Waals surface area contributed by atoms with Crippen LogP contribution in [0.3, 0.4) is 0 Å². The highest BCUT2D eigenvalue weighted by Crippen LogP contribution is 2.21. The van der Waals surface area contributed by atoms with E-state index in [-0.39, 0.29) is 23.3 Å². The number of aryl methyl sites for hydroxylation is 2. The molecule has 0 spiro atoms. The molecule has 0 bridgehead atoms. The summed E-state index contributed by atoms with van der Waals surface area (Å²) >= 11 is 0. The number of hydrogen-bond acceptors (Lipinski definition) is 5. The van der Waals surface area contributed by atoms with Crippen molar-refractivity contribution in [1.29, 1.82) is 0 Å². The molecule has 1 aromatic carbocycles. The molecule has 7 nitrogen and oxygen atoms in total. The van der Waals surface area contributed by atoms with Gasteiger partial charge in [0.1, 0.15) is 6.04 Å². The summed E-state index contributed by atoms with van der Waals surface area (Å²) in [6.45, 7) is 7.77. The standard InChI is InChI=1S/C19H30N2O5S2/c1-13(2)10-17(19(22)21-9-8-16(12-21)27(5,23)24)20-28(25,26)18-11-14(3)6-7-15(18)4/h6-7,11,13,16-17,20H,8-10,12H2,1-5H3. The predicted octanol–water partition coefficient (Wildman–Crippen LogP) is 1.64. The van der Waals surface area contributed by atoms with E-state index < -0.39 is 31.2 Å². The quantitative estimate of drug-likeness (QED) is 0.709. The number of hydrogen-bond donors (Lipinski definition) is 1. The Hall–Kier alpha value is -1.45. The minimum Gasteiger partial charge on any atom is -0.340 e. The first kappa shape index (κ1) is 22.8. The van der Waals surface area contributed by atoms with Gasteiger partial charge in [0.15, 0.2) is 9.84 Å². The van der Waals surface area contributed by atoms with Crippen molar-refractivity contribution in [1.82, 2.24) is 9.62 Å². The number of sulfonamides is 1. The van der Waals surface area contributed by atoms with Crippen molar-refractivity contribution >= 4 is 25.8 Å². The third-order valence-electron chi connectivity index (χ3n) is 5.00. The molecule has 1 heterocycles. The van der Waals surface area contributed by atoms with E-state index in [2.05, 4.69) is 4.72 Å². The lowest BCUT2D eigenvalue weighted by molar-refractivity contribution is -0.132. The van der Waals surface area contributed by atoms with Gasteiger partial charge >= 0.3 is 0 Å². The summed E-state index contributed by atoms with van der Waals surface area (Å²) in [6.07, 6.45) is 1.88. The van der Waals surface area contributed by atoms with Gasteiger partial charge < -0.3 is 4.90 Å². The second-order valence-electron chi connectivity index (χ2n) is 8.10. The Labute approximate surface area is 168 Å². The van der Waals surface area contributed by atoms with Gasteiger partial charge in [-0.15, -0.1) is 0 Å². The van der Waals surface area contributed by atoms with Crippen LogP contribution in [0.2, 0.25) is 0 Å². The van der Waals surface area contributed by atoms with Crippen LogP contribution < -0.4 is 4.72 Å². The Morgan fingerprint density at radius 3 is 2.39 bits per heavy atom. The topological polar surface area (TPSA) is 101 Å². The zero-order valence-corrected chi connectivity index (χ0v) is 18.7. The van der Waals surface area contributed by atoms with Crippen LogP contribution in [0.15, 0.2) is 23.1 Å². The summed E-state index contributed by atoms with van der Waals surface area (Å²) in [5, 5.41) is -0.591. The number of sulfone groups is 1. The van der Waals surface area contributed by atoms with Gasteiger partial charge in [-0.1, -0.05) is 26.0 Å². The number of likely N-dealkylation sites (tertiary alicyclic amines) is 1. The summed E-state index contributed by atoms with van der Waals surface area (Å²) in [5.74, 6) is -0.280. The van der Waals surface area contributed by atoms with Gasteiger partial charge in [0, 0.05) is 19.3 Å². The van der Waals surface area contributed by atoms with Crippen molar-refractivity contribution in [3.63, 3.8) is 0 Å². The van der Waals surface area contributed by atoms with E-state index in [1.165, 1.54) is 11.2 Å². The van der Waals surface area contributed by atoms with Gasteiger partial charge in [0.2, 0.25) is 15.9 Å². The van der Waals surface area contributed by atoms with Crippen molar-refractivity contribution < 1.29 is 21.6 Å². The third kappa shape index (κ3) is 5.55. The molecule has 2 unspecified atom stereocenters. The maximum absolute atomic E-state index is 13.0. The van der Waals surface area contributed by atoms with E-state index in [9.17, 15) is 21.6 Å². The molecular weight excluding hydrogens is 400 g/mol. The zero-order chi connectivity index (χ0) is 21.3. The molecule has 2 rings (SSSR count). The molecule has 0 radical (unpaired) electrons. The highest BCUT2D eigenvalue weighted by molar-refractivity contribution is 7.91. The summed E-state index contributed by atoms with van der Waals surface area (Å²) in [7, 11) is -7.13. The number of amides is 1. The van der Waals surface area contributed by atoms with E-state index in [4.69, 9.17) is 0 Å². The second-order valence-corrected chi connectivity index (χ2v) is 12.1. The molecule has 28 heavy (non-hydrogen) atoms. The minimum atomic E-state index is -3.89. The molecule has 1 saturated heterocycles. The highest BCUT2D eigenvalue weighted by Gasteiger charge is 2.37. The van der Waals surface area contributed by atoms with Crippen molar-refractivity contribution in [2.45, 2.75) is 56.7 Å². The van der Waals surface area contributed by atoms with Crippen molar-refractivity contribution in [3.05, 3.63) is 29.3 Å². The van der Waals surface area contributed by atoms with E-state index in [0.29, 0.717) is 24.9 Å². The molecule has 158 valence electrons. The van der Waals surface area contributed by atoms with Crippen LogP contribution in [0, 0.1) is 19.8 Å². The highest BCUT2D eigenvalue weighted by atomic mass is 32.2. The minimum absolute atomic E-state index is 0.0866. The Morgan fingerprint density at radius 2 is 1.86 bits per heavy atom. The molecule has 9 heteroatoms. The van der Waals surface area contributed by atoms with E-state index in [1.807, 2.05) is 26.8 Å². The van der Waals surface area contributed by atoms with Crippen molar-refractivity contribution in [2.24, 2.45) is 5.92 Å². The molecular formula is C19H30N2O5S2. The molecule has 1 aliphatic rings. The first-order chi connectivity index (χ1) is 12.8. The molecule has 1 aromatic rings. The third-order valence-corrected chi connectivity index (χ3v) is 8.21. The lowest BCUT2D eigenvalue weighted by Crippen LogP contribution is -2.48. The lowest BCUT2D eigenvalue weighted by atomic mass is 10.0. The Kier molecular flexibility index (Phi) is 6.94.